The molecule has 5 atom stereocenters. The first-order valence-electron chi connectivity index (χ1n) is 12.8. The molecule has 192 valence electrons. The van der Waals surface area contributed by atoms with Gasteiger partial charge in [-0.25, -0.2) is 0 Å². The van der Waals surface area contributed by atoms with E-state index in [1.54, 1.807) is 16.8 Å². The molecule has 0 aliphatic carbocycles. The summed E-state index contributed by atoms with van der Waals surface area (Å²) in [5.41, 5.74) is -1.57. The first-order chi connectivity index (χ1) is 17.8. The van der Waals surface area contributed by atoms with E-state index in [1.165, 1.54) is 4.90 Å². The number of benzene rings is 2. The number of anilines is 1. The van der Waals surface area contributed by atoms with Crippen LogP contribution < -0.4 is 4.90 Å². The number of nitrogens with zero attached hydrogens (tertiary/aromatic N) is 3. The molecule has 4 aliphatic rings. The summed E-state index contributed by atoms with van der Waals surface area (Å²) in [6.45, 7) is 2.68. The Balaban J connectivity index is 1.47. The van der Waals surface area contributed by atoms with Crippen LogP contribution in [0.1, 0.15) is 13.3 Å². The molecule has 2 saturated heterocycles. The third-order valence-corrected chi connectivity index (χ3v) is 8.36. The average Bonchev–Trinajstić information content (AvgIpc) is 3.16. The van der Waals surface area contributed by atoms with Gasteiger partial charge in [0.05, 0.1) is 17.4 Å². The van der Waals surface area contributed by atoms with E-state index in [1.807, 2.05) is 73.7 Å². The maximum atomic E-state index is 14.4. The van der Waals surface area contributed by atoms with Crippen molar-refractivity contribution in [1.29, 1.82) is 0 Å². The number of carbonyl (C=O) groups excluding carboxylic acids is 3. The average molecular weight is 502 g/mol. The van der Waals surface area contributed by atoms with E-state index in [9.17, 15) is 19.5 Å². The number of likely N-dealkylation sites (N-methyl/N-ethyl adjacent to an activating group) is 1. The molecule has 1 N–H and O–H groups in total. The first kappa shape index (κ1) is 23.9. The molecular weight excluding hydrogens is 470 g/mol. The van der Waals surface area contributed by atoms with Gasteiger partial charge in [0.2, 0.25) is 11.8 Å². The summed E-state index contributed by atoms with van der Waals surface area (Å²) in [5.74, 6) is -2.28. The fraction of sp³-hybridized carbons (Fsp3) is 0.414. The Kier molecular flexibility index (Phi) is 5.51. The lowest BCUT2D eigenvalue weighted by Crippen LogP contribution is -2.56. The van der Waals surface area contributed by atoms with Crippen LogP contribution in [0.2, 0.25) is 0 Å². The Hall–Kier alpha value is -3.49. The number of hydrogen-bond acceptors (Lipinski definition) is 5. The van der Waals surface area contributed by atoms with E-state index in [0.29, 0.717) is 19.5 Å². The van der Waals surface area contributed by atoms with Gasteiger partial charge in [-0.2, -0.15) is 0 Å². The Bertz CT molecular complexity index is 1350. The number of likely N-dealkylation sites (tertiary alicyclic amines) is 1. The number of rotatable bonds is 4. The predicted octanol–water partition coefficient (Wildman–Crippen LogP) is 2.12. The highest BCUT2D eigenvalue weighted by molar-refractivity contribution is 6.06. The lowest BCUT2D eigenvalue weighted by Gasteiger charge is -2.37. The van der Waals surface area contributed by atoms with Crippen LogP contribution >= 0.6 is 0 Å². The van der Waals surface area contributed by atoms with E-state index in [2.05, 4.69) is 0 Å². The zero-order chi connectivity index (χ0) is 25.9. The van der Waals surface area contributed by atoms with Gasteiger partial charge >= 0.3 is 0 Å². The Morgan fingerprint density at radius 3 is 2.49 bits per heavy atom. The molecule has 2 aromatic rings. The largest absolute Gasteiger partial charge is 0.396 e. The number of aliphatic hydroxyl groups is 1. The van der Waals surface area contributed by atoms with Gasteiger partial charge in [0, 0.05) is 39.0 Å². The standard InChI is InChI=1S/C29H31N3O5/c1-28-12-5-14-30(2)25(34)22(28)23-26(35)32(16-7-17-33)24-27(36)31(15-6-13-29(23,24)37-28)21-11-10-19-8-3-4-9-20(19)18-21/h3-6,8-13,18,22-24,33H,7,14-17H2,1-2H3/t22-,23-,24?,28+,29-/m0/s1. The molecule has 37 heavy (non-hydrogen) atoms. The summed E-state index contributed by atoms with van der Waals surface area (Å²) < 4.78 is 6.76. The summed E-state index contributed by atoms with van der Waals surface area (Å²) >= 11 is 0. The second-order valence-electron chi connectivity index (χ2n) is 10.6. The lowest BCUT2D eigenvalue weighted by atomic mass is 9.74. The second kappa shape index (κ2) is 8.53. The van der Waals surface area contributed by atoms with E-state index in [-0.39, 0.29) is 30.9 Å². The van der Waals surface area contributed by atoms with Crippen LogP contribution in [0.3, 0.4) is 0 Å². The minimum absolute atomic E-state index is 0.112. The Morgan fingerprint density at radius 2 is 1.70 bits per heavy atom. The molecule has 8 nitrogen and oxygen atoms in total. The van der Waals surface area contributed by atoms with Gasteiger partial charge in [-0.05, 0) is 36.2 Å². The van der Waals surface area contributed by atoms with Crippen LogP contribution in [0.25, 0.3) is 10.8 Å². The van der Waals surface area contributed by atoms with Crippen molar-refractivity contribution < 1.29 is 24.2 Å². The highest BCUT2D eigenvalue weighted by atomic mass is 16.5. The highest BCUT2D eigenvalue weighted by Gasteiger charge is 2.74. The monoisotopic (exact) mass is 501 g/mol. The number of fused-ring (bicyclic) bond motifs is 3. The summed E-state index contributed by atoms with van der Waals surface area (Å²) in [5, 5.41) is 11.6. The van der Waals surface area contributed by atoms with Crippen molar-refractivity contribution in [2.45, 2.75) is 30.6 Å². The van der Waals surface area contributed by atoms with Gasteiger partial charge in [-0.15, -0.1) is 0 Å². The van der Waals surface area contributed by atoms with Gasteiger partial charge in [0.15, 0.2) is 0 Å². The molecule has 2 aromatic carbocycles. The van der Waals surface area contributed by atoms with Crippen LogP contribution in [-0.2, 0) is 19.1 Å². The van der Waals surface area contributed by atoms with Crippen LogP contribution in [-0.4, -0.2) is 83.2 Å². The number of hydrogen-bond donors (Lipinski definition) is 1. The molecule has 3 amide bonds. The maximum Gasteiger partial charge on any atom is 0.253 e. The molecule has 8 heteroatoms. The van der Waals surface area contributed by atoms with Crippen LogP contribution in [0.4, 0.5) is 5.69 Å². The van der Waals surface area contributed by atoms with Crippen molar-refractivity contribution in [3.05, 3.63) is 66.8 Å². The topological polar surface area (TPSA) is 90.4 Å². The molecular formula is C29H31N3O5. The minimum atomic E-state index is -1.28. The van der Waals surface area contributed by atoms with E-state index in [0.717, 1.165) is 16.5 Å². The van der Waals surface area contributed by atoms with E-state index in [4.69, 9.17) is 4.74 Å². The molecule has 2 fully saturated rings. The zero-order valence-corrected chi connectivity index (χ0v) is 21.0. The van der Waals surface area contributed by atoms with Gasteiger partial charge in [0.1, 0.15) is 11.6 Å². The minimum Gasteiger partial charge on any atom is -0.396 e. The van der Waals surface area contributed by atoms with Crippen molar-refractivity contribution in [2.75, 3.05) is 38.2 Å². The van der Waals surface area contributed by atoms with Crippen LogP contribution in [0.5, 0.6) is 0 Å². The van der Waals surface area contributed by atoms with Gasteiger partial charge in [-0.1, -0.05) is 54.6 Å². The summed E-state index contributed by atoms with van der Waals surface area (Å²) in [4.78, 5) is 46.8. The summed E-state index contributed by atoms with van der Waals surface area (Å²) in [7, 11) is 1.72. The SMILES string of the molecule is CN1CC=C[C@@]2(C)O[C@]34C=CCN(c5ccc6ccccc6c5)C(=O)C3N(CCCO)C(=O)[C@@H]4[C@H]2C1=O. The molecule has 0 saturated carbocycles. The molecule has 4 aliphatic heterocycles. The number of ether oxygens (including phenoxy) is 1. The van der Waals surface area contributed by atoms with Crippen molar-refractivity contribution in [1.82, 2.24) is 9.80 Å². The fourth-order valence-corrected chi connectivity index (χ4v) is 6.70. The zero-order valence-electron chi connectivity index (χ0n) is 21.0. The second-order valence-corrected chi connectivity index (χ2v) is 10.6. The molecule has 0 bridgehead atoms. The number of carbonyl (C=O) groups is 3. The normalized spacial score (nSPS) is 33.0. The van der Waals surface area contributed by atoms with Gasteiger partial charge < -0.3 is 24.5 Å². The number of amides is 3. The van der Waals surface area contributed by atoms with Crippen molar-refractivity contribution in [2.24, 2.45) is 11.8 Å². The van der Waals surface area contributed by atoms with Crippen LogP contribution in [0.15, 0.2) is 66.8 Å². The van der Waals surface area contributed by atoms with E-state index >= 15 is 0 Å². The maximum absolute atomic E-state index is 14.4. The summed E-state index contributed by atoms with van der Waals surface area (Å²) in [6, 6.07) is 12.9. The molecule has 0 aromatic heterocycles. The van der Waals surface area contributed by atoms with Crippen LogP contribution in [0, 0.1) is 11.8 Å². The fourth-order valence-electron chi connectivity index (χ4n) is 6.70. The molecule has 0 radical (unpaired) electrons. The van der Waals surface area contributed by atoms with Crippen molar-refractivity contribution in [3.63, 3.8) is 0 Å². The molecule has 4 heterocycles. The molecule has 6 rings (SSSR count). The number of aliphatic hydroxyl groups excluding tert-OH is 1. The quantitative estimate of drug-likeness (QED) is 0.649. The lowest BCUT2D eigenvalue weighted by molar-refractivity contribution is -0.148. The smallest absolute Gasteiger partial charge is 0.253 e. The van der Waals surface area contributed by atoms with Crippen molar-refractivity contribution in [3.8, 4) is 0 Å². The third kappa shape index (κ3) is 3.39. The molecule has 1 spiro atoms. The first-order valence-corrected chi connectivity index (χ1v) is 12.8. The van der Waals surface area contributed by atoms with Crippen molar-refractivity contribution >= 4 is 34.2 Å². The Labute approximate surface area is 215 Å². The predicted molar refractivity (Wildman–Crippen MR) is 139 cm³/mol. The van der Waals surface area contributed by atoms with E-state index < -0.39 is 29.1 Å². The third-order valence-electron chi connectivity index (χ3n) is 8.36. The van der Waals surface area contributed by atoms with Gasteiger partial charge in [0.25, 0.3) is 5.91 Å². The van der Waals surface area contributed by atoms with Gasteiger partial charge in [-0.3, -0.25) is 14.4 Å². The Morgan fingerprint density at radius 1 is 0.946 bits per heavy atom. The highest BCUT2D eigenvalue weighted by Crippen LogP contribution is 2.57. The summed E-state index contributed by atoms with van der Waals surface area (Å²) in [6.07, 6.45) is 7.82. The molecule has 1 unspecified atom stereocenters.